The molecule has 0 heterocycles. The summed E-state index contributed by atoms with van der Waals surface area (Å²) in [6, 6.07) is 5.60. The van der Waals surface area contributed by atoms with Crippen LogP contribution in [0.2, 0.25) is 0 Å². The van der Waals surface area contributed by atoms with Gasteiger partial charge in [-0.3, -0.25) is 14.5 Å². The Labute approximate surface area is 130 Å². The molecule has 0 saturated carbocycles. The number of hydrogen-bond acceptors (Lipinski definition) is 3. The highest BCUT2D eigenvalue weighted by Crippen LogP contribution is 2.05. The summed E-state index contributed by atoms with van der Waals surface area (Å²) in [5, 5.41) is 5.39. The zero-order chi connectivity index (χ0) is 16.5. The van der Waals surface area contributed by atoms with Gasteiger partial charge in [-0.05, 0) is 38.1 Å². The average molecular weight is 309 g/mol. The lowest BCUT2D eigenvalue weighted by Crippen LogP contribution is -2.47. The standard InChI is InChI=1S/C16H24FN3O2/c1-4-9-18-16(22)12(2)19-15(21)11-20(3)10-13-5-7-14(17)8-6-13/h5-8,12H,4,9-11H2,1-3H3,(H,18,22)(H,19,21)/t12-/m0/s1. The molecule has 0 spiro atoms. The minimum Gasteiger partial charge on any atom is -0.354 e. The molecule has 2 amide bonds. The molecule has 1 aromatic carbocycles. The first-order chi connectivity index (χ1) is 10.4. The van der Waals surface area contributed by atoms with Crippen molar-refractivity contribution in [3.05, 3.63) is 35.6 Å². The van der Waals surface area contributed by atoms with Crippen molar-refractivity contribution in [2.24, 2.45) is 0 Å². The van der Waals surface area contributed by atoms with Crippen LogP contribution in [0.15, 0.2) is 24.3 Å². The van der Waals surface area contributed by atoms with Gasteiger partial charge < -0.3 is 10.6 Å². The van der Waals surface area contributed by atoms with E-state index in [0.29, 0.717) is 13.1 Å². The van der Waals surface area contributed by atoms with Crippen molar-refractivity contribution in [1.29, 1.82) is 0 Å². The largest absolute Gasteiger partial charge is 0.354 e. The summed E-state index contributed by atoms with van der Waals surface area (Å²) in [6.45, 7) is 4.92. The minimum absolute atomic E-state index is 0.169. The fourth-order valence-electron chi connectivity index (χ4n) is 1.96. The fraction of sp³-hybridized carbons (Fsp3) is 0.500. The van der Waals surface area contributed by atoms with Gasteiger partial charge in [0.05, 0.1) is 6.54 Å². The molecule has 0 aliphatic rings. The molecule has 0 aromatic heterocycles. The Morgan fingerprint density at radius 1 is 1.27 bits per heavy atom. The summed E-state index contributed by atoms with van der Waals surface area (Å²) < 4.78 is 12.8. The van der Waals surface area contributed by atoms with Crippen molar-refractivity contribution in [3.8, 4) is 0 Å². The molecule has 0 fully saturated rings. The van der Waals surface area contributed by atoms with Gasteiger partial charge in [0.1, 0.15) is 11.9 Å². The number of carbonyl (C=O) groups is 2. The Balaban J connectivity index is 2.37. The molecule has 0 aliphatic heterocycles. The van der Waals surface area contributed by atoms with Gasteiger partial charge in [-0.25, -0.2) is 4.39 Å². The lowest BCUT2D eigenvalue weighted by atomic mass is 10.2. The van der Waals surface area contributed by atoms with Gasteiger partial charge in [-0.2, -0.15) is 0 Å². The van der Waals surface area contributed by atoms with Gasteiger partial charge in [0.15, 0.2) is 0 Å². The molecule has 0 radical (unpaired) electrons. The maximum atomic E-state index is 12.8. The Kier molecular flexibility index (Phi) is 7.52. The highest BCUT2D eigenvalue weighted by Gasteiger charge is 2.15. The van der Waals surface area contributed by atoms with Crippen LogP contribution in [0.3, 0.4) is 0 Å². The number of amides is 2. The predicted molar refractivity (Wildman–Crippen MR) is 83.6 cm³/mol. The van der Waals surface area contributed by atoms with Crippen molar-refractivity contribution < 1.29 is 14.0 Å². The number of nitrogens with zero attached hydrogens (tertiary/aromatic N) is 1. The van der Waals surface area contributed by atoms with E-state index in [0.717, 1.165) is 12.0 Å². The molecule has 1 aromatic rings. The van der Waals surface area contributed by atoms with Crippen LogP contribution < -0.4 is 10.6 Å². The molecule has 1 atom stereocenters. The summed E-state index contributed by atoms with van der Waals surface area (Å²) >= 11 is 0. The van der Waals surface area contributed by atoms with Crippen LogP contribution in [-0.2, 0) is 16.1 Å². The van der Waals surface area contributed by atoms with Crippen LogP contribution >= 0.6 is 0 Å². The summed E-state index contributed by atoms with van der Waals surface area (Å²) in [5.41, 5.74) is 0.922. The first-order valence-electron chi connectivity index (χ1n) is 7.42. The number of benzene rings is 1. The van der Waals surface area contributed by atoms with Gasteiger partial charge in [-0.15, -0.1) is 0 Å². The summed E-state index contributed by atoms with van der Waals surface area (Å²) in [6.07, 6.45) is 0.854. The molecule has 122 valence electrons. The van der Waals surface area contributed by atoms with E-state index < -0.39 is 6.04 Å². The Morgan fingerprint density at radius 2 is 1.91 bits per heavy atom. The molecule has 5 nitrogen and oxygen atoms in total. The predicted octanol–water partition coefficient (Wildman–Crippen LogP) is 1.29. The van der Waals surface area contributed by atoms with Crippen molar-refractivity contribution in [2.75, 3.05) is 20.1 Å². The monoisotopic (exact) mass is 309 g/mol. The molecular weight excluding hydrogens is 285 g/mol. The second-order valence-corrected chi connectivity index (χ2v) is 5.38. The zero-order valence-corrected chi connectivity index (χ0v) is 13.4. The van der Waals surface area contributed by atoms with Gasteiger partial charge in [0, 0.05) is 13.1 Å². The van der Waals surface area contributed by atoms with Crippen molar-refractivity contribution in [3.63, 3.8) is 0 Å². The number of rotatable bonds is 8. The molecule has 0 saturated heterocycles. The van der Waals surface area contributed by atoms with Crippen LogP contribution in [0.25, 0.3) is 0 Å². The molecular formula is C16H24FN3O2. The van der Waals surface area contributed by atoms with E-state index in [-0.39, 0.29) is 24.2 Å². The fourth-order valence-corrected chi connectivity index (χ4v) is 1.96. The number of likely N-dealkylation sites (N-methyl/N-ethyl adjacent to an activating group) is 1. The van der Waals surface area contributed by atoms with Crippen LogP contribution in [0.1, 0.15) is 25.8 Å². The van der Waals surface area contributed by atoms with Gasteiger partial charge in [0.25, 0.3) is 0 Å². The summed E-state index contributed by atoms with van der Waals surface area (Å²) in [5.74, 6) is -0.684. The number of nitrogens with one attached hydrogen (secondary N) is 2. The van der Waals surface area contributed by atoms with E-state index in [1.54, 1.807) is 31.0 Å². The van der Waals surface area contributed by atoms with Crippen LogP contribution in [-0.4, -0.2) is 42.9 Å². The van der Waals surface area contributed by atoms with Gasteiger partial charge in [-0.1, -0.05) is 19.1 Å². The van der Waals surface area contributed by atoms with Crippen LogP contribution in [0.5, 0.6) is 0 Å². The lowest BCUT2D eigenvalue weighted by Gasteiger charge is -2.19. The molecule has 0 bridgehead atoms. The van der Waals surface area contributed by atoms with Crippen LogP contribution in [0, 0.1) is 5.82 Å². The van der Waals surface area contributed by atoms with Crippen molar-refractivity contribution >= 4 is 11.8 Å². The molecule has 0 aliphatic carbocycles. The Morgan fingerprint density at radius 3 is 2.50 bits per heavy atom. The van der Waals surface area contributed by atoms with Gasteiger partial charge in [0.2, 0.25) is 11.8 Å². The van der Waals surface area contributed by atoms with Crippen molar-refractivity contribution in [2.45, 2.75) is 32.9 Å². The molecule has 22 heavy (non-hydrogen) atoms. The van der Waals surface area contributed by atoms with E-state index in [9.17, 15) is 14.0 Å². The topological polar surface area (TPSA) is 61.4 Å². The second kappa shape index (κ2) is 9.15. The number of carbonyl (C=O) groups excluding carboxylic acids is 2. The minimum atomic E-state index is -0.557. The van der Waals surface area contributed by atoms with Crippen molar-refractivity contribution in [1.82, 2.24) is 15.5 Å². The highest BCUT2D eigenvalue weighted by molar-refractivity contribution is 5.87. The normalized spacial score (nSPS) is 12.0. The van der Waals surface area contributed by atoms with E-state index in [4.69, 9.17) is 0 Å². The van der Waals surface area contributed by atoms with E-state index in [2.05, 4.69) is 10.6 Å². The van der Waals surface area contributed by atoms with E-state index in [1.165, 1.54) is 12.1 Å². The lowest BCUT2D eigenvalue weighted by molar-refractivity contribution is -0.129. The Bertz CT molecular complexity index is 491. The quantitative estimate of drug-likeness (QED) is 0.761. The van der Waals surface area contributed by atoms with E-state index in [1.807, 2.05) is 6.92 Å². The third-order valence-corrected chi connectivity index (χ3v) is 3.10. The van der Waals surface area contributed by atoms with Gasteiger partial charge >= 0.3 is 0 Å². The summed E-state index contributed by atoms with van der Waals surface area (Å²) in [4.78, 5) is 25.4. The SMILES string of the molecule is CCCNC(=O)[C@H](C)NC(=O)CN(C)Cc1ccc(F)cc1. The average Bonchev–Trinajstić information content (AvgIpc) is 2.46. The molecule has 1 rings (SSSR count). The summed E-state index contributed by atoms with van der Waals surface area (Å²) in [7, 11) is 1.80. The number of hydrogen-bond donors (Lipinski definition) is 2. The first kappa shape index (κ1) is 18.1. The van der Waals surface area contributed by atoms with Crippen LogP contribution in [0.4, 0.5) is 4.39 Å². The molecule has 6 heteroatoms. The maximum absolute atomic E-state index is 12.8. The molecule has 0 unspecified atom stereocenters. The highest BCUT2D eigenvalue weighted by atomic mass is 19.1. The molecule has 2 N–H and O–H groups in total. The first-order valence-corrected chi connectivity index (χ1v) is 7.42. The maximum Gasteiger partial charge on any atom is 0.242 e. The third kappa shape index (κ3) is 6.67. The van der Waals surface area contributed by atoms with E-state index >= 15 is 0 Å². The Hall–Kier alpha value is -1.95. The third-order valence-electron chi connectivity index (χ3n) is 3.10. The smallest absolute Gasteiger partial charge is 0.242 e. The second-order valence-electron chi connectivity index (χ2n) is 5.38. The zero-order valence-electron chi connectivity index (χ0n) is 13.4. The number of halogens is 1.